The summed E-state index contributed by atoms with van der Waals surface area (Å²) in [6.45, 7) is 6.51. The molecule has 0 saturated carbocycles. The van der Waals surface area contributed by atoms with Gasteiger partial charge in [0.25, 0.3) is 0 Å². The molecule has 0 aromatic heterocycles. The molecule has 6 heteroatoms. The van der Waals surface area contributed by atoms with Crippen LogP contribution in [-0.2, 0) is 10.0 Å². The Kier molecular flexibility index (Phi) is 5.84. The molecule has 2 rings (SSSR count). The van der Waals surface area contributed by atoms with Crippen LogP contribution in [-0.4, -0.2) is 69.2 Å². The summed E-state index contributed by atoms with van der Waals surface area (Å²) in [6.07, 6.45) is 3.97. The molecule has 118 valence electrons. The van der Waals surface area contributed by atoms with Crippen LogP contribution in [0.2, 0.25) is 0 Å². The van der Waals surface area contributed by atoms with Gasteiger partial charge in [0, 0.05) is 19.1 Å². The average Bonchev–Trinajstić information content (AvgIpc) is 2.61. The third-order valence-corrected chi connectivity index (χ3v) is 6.61. The number of nitrogens with one attached hydrogen (secondary N) is 1. The molecular formula is C14H29N3O2S. The summed E-state index contributed by atoms with van der Waals surface area (Å²) < 4.78 is 27.3. The molecule has 2 unspecified atom stereocenters. The highest BCUT2D eigenvalue weighted by Crippen LogP contribution is 2.20. The zero-order valence-corrected chi connectivity index (χ0v) is 13.7. The zero-order valence-electron chi connectivity index (χ0n) is 12.8. The Bertz CT molecular complexity index is 393. The minimum absolute atomic E-state index is 0.143. The van der Waals surface area contributed by atoms with Gasteiger partial charge in [-0.3, -0.25) is 0 Å². The maximum atomic E-state index is 12.8. The Morgan fingerprint density at radius 3 is 2.70 bits per heavy atom. The first-order valence-electron chi connectivity index (χ1n) is 7.91. The minimum atomic E-state index is -3.12. The molecule has 0 bridgehead atoms. The van der Waals surface area contributed by atoms with Crippen LogP contribution in [0.3, 0.4) is 0 Å². The quantitative estimate of drug-likeness (QED) is 0.832. The lowest BCUT2D eigenvalue weighted by Gasteiger charge is -2.31. The van der Waals surface area contributed by atoms with Crippen molar-refractivity contribution in [2.45, 2.75) is 38.6 Å². The van der Waals surface area contributed by atoms with Crippen molar-refractivity contribution in [3.63, 3.8) is 0 Å². The fourth-order valence-corrected chi connectivity index (χ4v) is 5.53. The maximum Gasteiger partial charge on any atom is 0.214 e. The van der Waals surface area contributed by atoms with Crippen LogP contribution in [0.5, 0.6) is 0 Å². The van der Waals surface area contributed by atoms with Crippen molar-refractivity contribution >= 4 is 10.0 Å². The summed E-state index contributed by atoms with van der Waals surface area (Å²) in [5.41, 5.74) is 0. The second kappa shape index (κ2) is 7.20. The molecule has 2 aliphatic rings. The van der Waals surface area contributed by atoms with E-state index in [9.17, 15) is 8.42 Å². The van der Waals surface area contributed by atoms with Gasteiger partial charge < -0.3 is 10.2 Å². The van der Waals surface area contributed by atoms with Crippen LogP contribution < -0.4 is 5.32 Å². The van der Waals surface area contributed by atoms with Gasteiger partial charge in [-0.15, -0.1) is 0 Å². The fraction of sp³-hybridized carbons (Fsp3) is 1.00. The molecule has 20 heavy (non-hydrogen) atoms. The van der Waals surface area contributed by atoms with Gasteiger partial charge in [-0.1, -0.05) is 6.92 Å². The summed E-state index contributed by atoms with van der Waals surface area (Å²) in [4.78, 5) is 2.26. The second-order valence-electron chi connectivity index (χ2n) is 6.28. The third-order valence-electron chi connectivity index (χ3n) is 4.52. The number of piperidine rings is 1. The zero-order chi connectivity index (χ0) is 14.6. The van der Waals surface area contributed by atoms with E-state index in [0.29, 0.717) is 12.3 Å². The van der Waals surface area contributed by atoms with Crippen molar-refractivity contribution < 1.29 is 8.42 Å². The van der Waals surface area contributed by atoms with E-state index in [1.165, 1.54) is 0 Å². The van der Waals surface area contributed by atoms with Crippen LogP contribution in [0.4, 0.5) is 0 Å². The lowest BCUT2D eigenvalue weighted by Crippen LogP contribution is -2.46. The van der Waals surface area contributed by atoms with E-state index in [0.717, 1.165) is 51.9 Å². The molecule has 0 radical (unpaired) electrons. The molecule has 0 aromatic rings. The van der Waals surface area contributed by atoms with E-state index in [1.807, 2.05) is 0 Å². The molecule has 2 atom stereocenters. The van der Waals surface area contributed by atoms with Crippen molar-refractivity contribution in [1.82, 2.24) is 14.5 Å². The highest BCUT2D eigenvalue weighted by atomic mass is 32.2. The number of sulfonamides is 1. The largest absolute Gasteiger partial charge is 0.316 e. The van der Waals surface area contributed by atoms with E-state index < -0.39 is 10.0 Å². The number of likely N-dealkylation sites (N-methyl/N-ethyl adjacent to an activating group) is 1. The predicted molar refractivity (Wildman–Crippen MR) is 82.3 cm³/mol. The Morgan fingerprint density at radius 1 is 1.25 bits per heavy atom. The van der Waals surface area contributed by atoms with Crippen LogP contribution in [0, 0.1) is 5.92 Å². The van der Waals surface area contributed by atoms with Crippen LogP contribution >= 0.6 is 0 Å². The van der Waals surface area contributed by atoms with Gasteiger partial charge in [-0.2, -0.15) is 4.31 Å². The van der Waals surface area contributed by atoms with Gasteiger partial charge in [0.05, 0.1) is 5.75 Å². The van der Waals surface area contributed by atoms with E-state index in [1.54, 1.807) is 4.31 Å². The van der Waals surface area contributed by atoms with Crippen molar-refractivity contribution in [3.8, 4) is 0 Å². The van der Waals surface area contributed by atoms with Crippen molar-refractivity contribution in [2.24, 2.45) is 5.92 Å². The Morgan fingerprint density at radius 2 is 2.05 bits per heavy atom. The van der Waals surface area contributed by atoms with Gasteiger partial charge in [0.15, 0.2) is 0 Å². The number of nitrogens with zero attached hydrogens (tertiary/aromatic N) is 2. The first-order valence-corrected chi connectivity index (χ1v) is 9.52. The van der Waals surface area contributed by atoms with Gasteiger partial charge in [0.1, 0.15) is 0 Å². The predicted octanol–water partition coefficient (Wildman–Crippen LogP) is 0.732. The Labute approximate surface area is 123 Å². The molecule has 0 aromatic carbocycles. The summed E-state index contributed by atoms with van der Waals surface area (Å²) in [5.74, 6) is 0.604. The van der Waals surface area contributed by atoms with Gasteiger partial charge in [0.2, 0.25) is 10.0 Å². The van der Waals surface area contributed by atoms with Crippen LogP contribution in [0.1, 0.15) is 32.6 Å². The molecule has 1 N–H and O–H groups in total. The molecule has 0 aliphatic carbocycles. The van der Waals surface area contributed by atoms with Crippen LogP contribution in [0.25, 0.3) is 0 Å². The average molecular weight is 303 g/mol. The van der Waals surface area contributed by atoms with Crippen molar-refractivity contribution in [2.75, 3.05) is 45.5 Å². The van der Waals surface area contributed by atoms with Crippen LogP contribution in [0.15, 0.2) is 0 Å². The molecule has 0 spiro atoms. The summed E-state index contributed by atoms with van der Waals surface area (Å²) in [7, 11) is -1.04. The summed E-state index contributed by atoms with van der Waals surface area (Å²) >= 11 is 0. The normalized spacial score (nSPS) is 31.1. The molecule has 2 heterocycles. The Balaban J connectivity index is 2.05. The molecule has 2 fully saturated rings. The van der Waals surface area contributed by atoms with E-state index >= 15 is 0 Å². The summed E-state index contributed by atoms with van der Waals surface area (Å²) in [5, 5.41) is 3.31. The monoisotopic (exact) mass is 303 g/mol. The first-order chi connectivity index (χ1) is 9.53. The van der Waals surface area contributed by atoms with Gasteiger partial charge >= 0.3 is 0 Å². The molecule has 2 saturated heterocycles. The topological polar surface area (TPSA) is 52.7 Å². The first kappa shape index (κ1) is 16.2. The second-order valence-corrected chi connectivity index (χ2v) is 8.25. The van der Waals surface area contributed by atoms with Crippen molar-refractivity contribution in [1.29, 1.82) is 0 Å². The third kappa shape index (κ3) is 4.16. The SMILES string of the molecule is CCC1CN(C)CCCN1S(=O)(=O)CC1CCCNC1. The van der Waals surface area contributed by atoms with Gasteiger partial charge in [-0.25, -0.2) is 8.42 Å². The van der Waals surface area contributed by atoms with E-state index in [2.05, 4.69) is 24.2 Å². The number of hydrogen-bond acceptors (Lipinski definition) is 4. The number of hydrogen-bond donors (Lipinski definition) is 1. The lowest BCUT2D eigenvalue weighted by atomic mass is 10.0. The molecule has 0 amide bonds. The van der Waals surface area contributed by atoms with E-state index in [4.69, 9.17) is 0 Å². The highest BCUT2D eigenvalue weighted by Gasteiger charge is 2.33. The van der Waals surface area contributed by atoms with E-state index in [-0.39, 0.29) is 12.0 Å². The minimum Gasteiger partial charge on any atom is -0.316 e. The van der Waals surface area contributed by atoms with Crippen molar-refractivity contribution in [3.05, 3.63) is 0 Å². The Hall–Kier alpha value is -0.170. The summed E-state index contributed by atoms with van der Waals surface area (Å²) in [6, 6.07) is 0.143. The highest BCUT2D eigenvalue weighted by molar-refractivity contribution is 7.89. The van der Waals surface area contributed by atoms with Gasteiger partial charge in [-0.05, 0) is 58.3 Å². The molecule has 2 aliphatic heterocycles. The fourth-order valence-electron chi connectivity index (χ4n) is 3.38. The lowest BCUT2D eigenvalue weighted by molar-refractivity contribution is 0.268. The molecular weight excluding hydrogens is 274 g/mol. The maximum absolute atomic E-state index is 12.8. The smallest absolute Gasteiger partial charge is 0.214 e. The standard InChI is InChI=1S/C14H29N3O2S/c1-3-14-11-16(2)8-5-9-17(14)20(18,19)12-13-6-4-7-15-10-13/h13-15H,3-12H2,1-2H3. The molecule has 5 nitrogen and oxygen atoms in total. The number of rotatable bonds is 4.